The molecule has 6 heterocycles. The molecule has 4 saturated heterocycles. The summed E-state index contributed by atoms with van der Waals surface area (Å²) in [6.45, 7) is 17.8. The van der Waals surface area contributed by atoms with E-state index in [0.29, 0.717) is 79.8 Å². The van der Waals surface area contributed by atoms with Gasteiger partial charge in [0.25, 0.3) is 5.89 Å². The van der Waals surface area contributed by atoms with Crippen LogP contribution in [0.25, 0.3) is 33.3 Å². The van der Waals surface area contributed by atoms with Gasteiger partial charge < -0.3 is 34.4 Å². The number of benzene rings is 5. The van der Waals surface area contributed by atoms with Crippen molar-refractivity contribution in [3.63, 3.8) is 0 Å². The van der Waals surface area contributed by atoms with Crippen LogP contribution in [0.2, 0.25) is 5.02 Å². The number of likely N-dealkylation sites (tertiary alicyclic amines) is 4. The molecule has 11 rings (SSSR count). The molecule has 17 nitrogen and oxygen atoms in total. The summed E-state index contributed by atoms with van der Waals surface area (Å²) in [5.74, 6) is -2.22. The zero-order chi connectivity index (χ0) is 78.8. The van der Waals surface area contributed by atoms with Gasteiger partial charge in [-0.3, -0.25) is 34.0 Å². The predicted molar refractivity (Wildman–Crippen MR) is 426 cm³/mol. The van der Waals surface area contributed by atoms with E-state index in [1.165, 1.54) is 126 Å². The number of hydrogen-bond donors (Lipinski definition) is 4. The van der Waals surface area contributed by atoms with E-state index < -0.39 is 40.6 Å². The lowest BCUT2D eigenvalue weighted by molar-refractivity contribution is -0.150. The minimum Gasteiger partial charge on any atom is -0.493 e. The van der Waals surface area contributed by atoms with Crippen LogP contribution in [0.1, 0.15) is 207 Å². The molecule has 4 aliphatic rings. The van der Waals surface area contributed by atoms with Crippen molar-refractivity contribution in [3.05, 3.63) is 165 Å². The Labute approximate surface area is 656 Å². The summed E-state index contributed by atoms with van der Waals surface area (Å²) in [5.41, 5.74) is 6.13. The summed E-state index contributed by atoms with van der Waals surface area (Å²) in [6, 6.07) is 38.0. The molecule has 4 unspecified atom stereocenters. The second kappa shape index (κ2) is 45.7. The number of carboxylic acids is 4. The molecule has 0 spiro atoms. The van der Waals surface area contributed by atoms with E-state index in [0.717, 1.165) is 105 Å². The highest BCUT2D eigenvalue weighted by Crippen LogP contribution is 2.46. The maximum atomic E-state index is 14.1. The Kier molecular flexibility index (Phi) is 36.5. The Hall–Kier alpha value is -7.73. The number of halogens is 5. The fourth-order valence-corrected chi connectivity index (χ4v) is 15.6. The summed E-state index contributed by atoms with van der Waals surface area (Å²) in [4.78, 5) is 56.4. The average Bonchev–Trinajstić information content (AvgIpc) is 1.63. The highest BCUT2D eigenvalue weighted by atomic mass is 35.5. The van der Waals surface area contributed by atoms with Gasteiger partial charge in [-0.25, -0.2) is 9.18 Å². The summed E-state index contributed by atoms with van der Waals surface area (Å²) < 4.78 is 72.2. The fourth-order valence-electron chi connectivity index (χ4n) is 14.4. The second-order valence-electron chi connectivity index (χ2n) is 30.0. The second-order valence-corrected chi connectivity index (χ2v) is 31.5. The van der Waals surface area contributed by atoms with Gasteiger partial charge >= 0.3 is 30.1 Å². The molecule has 0 radical (unpaired) electrons. The lowest BCUT2D eigenvalue weighted by atomic mass is 10.0. The smallest absolute Gasteiger partial charge is 0.426 e. The van der Waals surface area contributed by atoms with Gasteiger partial charge in [0.05, 0.1) is 40.9 Å². The lowest BCUT2D eigenvalue weighted by Crippen LogP contribution is -2.36. The van der Waals surface area contributed by atoms with Gasteiger partial charge in [-0.2, -0.15) is 18.2 Å². The van der Waals surface area contributed by atoms with Crippen LogP contribution < -0.4 is 9.47 Å². The predicted octanol–water partition coefficient (Wildman–Crippen LogP) is 20.7. The van der Waals surface area contributed by atoms with Gasteiger partial charge in [0.2, 0.25) is 11.5 Å². The number of aryl methyl sites for hydroxylation is 2. The van der Waals surface area contributed by atoms with Crippen LogP contribution in [-0.2, 0) is 58.0 Å². The number of rotatable bonds is 39. The van der Waals surface area contributed by atoms with Crippen molar-refractivity contribution < 1.29 is 71.2 Å². The van der Waals surface area contributed by atoms with Gasteiger partial charge in [-0.1, -0.05) is 237 Å². The molecular formula is C87H115ClF4N6O11S. The van der Waals surface area contributed by atoms with E-state index in [9.17, 15) is 36.7 Å². The van der Waals surface area contributed by atoms with Crippen LogP contribution in [0.4, 0.5) is 17.6 Å². The molecule has 110 heavy (non-hydrogen) atoms. The number of ether oxygens (including phenoxy) is 2. The largest absolute Gasteiger partial charge is 0.493 e. The third-order valence-corrected chi connectivity index (χ3v) is 22.4. The molecule has 4 N–H and O–H groups in total. The van der Waals surface area contributed by atoms with E-state index in [1.807, 2.05) is 47.4 Å². The minimum atomic E-state index is -4.51. The van der Waals surface area contributed by atoms with Crippen molar-refractivity contribution in [2.24, 2.45) is 17.8 Å². The maximum Gasteiger partial charge on any atom is 0.426 e. The zero-order valence-corrected chi connectivity index (χ0v) is 66.3. The number of carbonyl (C=O) groups is 4. The number of aromatic nitrogens is 2. The Morgan fingerprint density at radius 1 is 0.536 bits per heavy atom. The first-order valence-corrected chi connectivity index (χ1v) is 41.1. The van der Waals surface area contributed by atoms with E-state index in [-0.39, 0.29) is 52.9 Å². The van der Waals surface area contributed by atoms with E-state index >= 15 is 0 Å². The van der Waals surface area contributed by atoms with Crippen molar-refractivity contribution in [2.75, 3.05) is 65.6 Å². The summed E-state index contributed by atoms with van der Waals surface area (Å²) in [7, 11) is 0. The molecule has 7 aromatic rings. The molecule has 0 bridgehead atoms. The molecule has 0 amide bonds. The van der Waals surface area contributed by atoms with E-state index in [2.05, 4.69) is 95.0 Å². The molecule has 4 fully saturated rings. The lowest BCUT2D eigenvalue weighted by Gasteiger charge is -2.17. The SMILES string of the molecule is CCCCCCCCCc1ccc(CN2CCC(F)(C(=O)O)C2)cc1.CCCCCCCCOc1ccc(CN2CCC(C(=O)O)C2)cc1C.CCCCCCCCOc1ccc(CN2CCC(C(=O)O)C2)cc1Cl.O=C(O)C1CCN(Cc2ccc(-c3noc(-c4cc(-c5ccccc5)c(C(F)(F)F)s4)n3)cc2)C1. The molecule has 0 aliphatic carbocycles. The number of hydrogen-bond acceptors (Lipinski definition) is 14. The molecular weight excluding hydrogens is 1450 g/mol. The van der Waals surface area contributed by atoms with Gasteiger partial charge in [0.15, 0.2) is 0 Å². The maximum absolute atomic E-state index is 14.1. The minimum absolute atomic E-state index is 0.0118. The van der Waals surface area contributed by atoms with Crippen LogP contribution in [0, 0.1) is 24.7 Å². The van der Waals surface area contributed by atoms with Crippen molar-refractivity contribution in [1.29, 1.82) is 0 Å². The highest BCUT2D eigenvalue weighted by molar-refractivity contribution is 7.16. The number of alkyl halides is 4. The first-order chi connectivity index (χ1) is 53.0. The molecule has 23 heteroatoms. The number of aliphatic carboxylic acids is 4. The van der Waals surface area contributed by atoms with Crippen molar-refractivity contribution in [1.82, 2.24) is 29.7 Å². The van der Waals surface area contributed by atoms with E-state index in [4.69, 9.17) is 46.0 Å². The van der Waals surface area contributed by atoms with Crippen LogP contribution in [0.5, 0.6) is 11.5 Å². The Morgan fingerprint density at radius 2 is 0.982 bits per heavy atom. The van der Waals surface area contributed by atoms with Gasteiger partial charge in [0.1, 0.15) is 16.4 Å². The van der Waals surface area contributed by atoms with Crippen molar-refractivity contribution in [3.8, 4) is 44.8 Å². The quantitative estimate of drug-likeness (QED) is 0.0208. The van der Waals surface area contributed by atoms with E-state index in [1.54, 1.807) is 30.3 Å². The number of nitrogens with zero attached hydrogens (tertiary/aromatic N) is 6. The van der Waals surface area contributed by atoms with Gasteiger partial charge in [0, 0.05) is 76.5 Å². The number of unbranched alkanes of at least 4 members (excludes halogenated alkanes) is 16. The Morgan fingerprint density at radius 3 is 1.45 bits per heavy atom. The van der Waals surface area contributed by atoms with Crippen LogP contribution in [0.3, 0.4) is 0 Å². The fraction of sp³-hybridized carbons (Fsp3) is 0.540. The average molecular weight is 1560 g/mol. The molecule has 4 aliphatic heterocycles. The Bertz CT molecular complexity index is 3820. The first kappa shape index (κ1) is 87.8. The van der Waals surface area contributed by atoms with Crippen molar-refractivity contribution in [2.45, 2.75) is 220 Å². The molecule has 4 atom stereocenters. The van der Waals surface area contributed by atoms with Crippen LogP contribution in [-0.4, -0.2) is 145 Å². The molecule has 600 valence electrons. The normalized spacial score (nSPS) is 18.1. The summed E-state index contributed by atoms with van der Waals surface area (Å²) in [5, 5.41) is 40.9. The topological polar surface area (TPSA) is 220 Å². The molecule has 0 saturated carbocycles. The Balaban J connectivity index is 0.000000187. The van der Waals surface area contributed by atoms with Crippen LogP contribution in [0.15, 0.2) is 126 Å². The van der Waals surface area contributed by atoms with Crippen LogP contribution >= 0.6 is 22.9 Å². The summed E-state index contributed by atoms with van der Waals surface area (Å²) >= 11 is 6.91. The third-order valence-electron chi connectivity index (χ3n) is 20.9. The monoisotopic (exact) mass is 1560 g/mol. The number of thiophene rings is 1. The summed E-state index contributed by atoms with van der Waals surface area (Å²) in [6.07, 6.45) is 23.1. The van der Waals surface area contributed by atoms with Gasteiger partial charge in [-0.15, -0.1) is 11.3 Å². The third kappa shape index (κ3) is 29.1. The number of carboxylic acid groups (broad SMARTS) is 4. The first-order valence-electron chi connectivity index (χ1n) is 39.9. The van der Waals surface area contributed by atoms with Gasteiger partial charge in [-0.05, 0) is 135 Å². The molecule has 2 aromatic heterocycles. The highest BCUT2D eigenvalue weighted by Gasteiger charge is 2.45. The zero-order valence-electron chi connectivity index (χ0n) is 64.8. The standard InChI is InChI=1S/C25H20F3N3O3S.C21H32FNO2.C21H33NO3.C20H30ClNO3/c26-25(27,28)21-19(16-4-2-1-3-5-16)12-20(35-21)23-29-22(30-34-23)17-8-6-15(7-9-17)13-31-11-10-18(14-31)24(32)33;1-2-3-4-5-6-7-8-9-18-10-12-19(13-11-18)16-23-15-14-21(22,17-23)20(24)25;1-3-4-5-6-7-8-13-25-20-10-9-18(14-17(20)2)15-22-12-11-19(16-22)21(23)24;1-2-3-4-5-6-7-12-25-19-9-8-16(13-18(19)21)14-22-11-10-17(15-22)20(23)24/h1-9,12,18H,10-11,13-14H2,(H,32,33);10-13H,2-9,14-17H2,1H3,(H,24,25);9-10,14,19H,3-8,11-13,15-16H2,1-2H3,(H,23,24);8-9,13,17H,2-7,10-12,14-15H2,1H3,(H,23,24). The molecule has 5 aromatic carbocycles. The van der Waals surface area contributed by atoms with Crippen molar-refractivity contribution >= 4 is 46.8 Å².